The van der Waals surface area contributed by atoms with Crippen molar-refractivity contribution in [2.75, 3.05) is 179 Å². The first-order valence-electron chi connectivity index (χ1n) is 43.1. The standard InChI is InChI=1S/C32H36N8O4.C28H29N7O3.C25H30N8O4.C5H11INO2/c1-37(18-22-6-3-2-4-7-22)29-16-26(35-31-24(17-34-40(29)31)32(42)36-27-20-44-21-28(27)41)25-19-39(30-23(25)8-5-9-33-30)11-10-38-12-14-43-15-13-38;1-32(18-20-6-3-2-4-7-20)25-16-24(31-27-22(28(36)37)17-30-35(25)27)23-19-34(26-21(23)8-5-9-29-26)11-10-33-12-14-38-15-13-33;1-26-22-11-19(29-24-17(12-28-33(22)24)25(35)30-20-14-37-15-21(20)34)18-13-32(23-16(18)3-2-4-27-23)6-5-31-7-9-36-10-8-31;7-6-1-4-2-9-3-5(4)8/h2-9,16-17,19,27-28,41H,10-15,18,20-21H2,1H3,(H,36,42);2-9,16-17,19H,10-15,18H2,1H3,(H,36,37);2-4,11-13,20-21,26,34H,5-10,14-15H2,1H3,(H,30,35);4-5,8H,1-3,7H2/q;;;-1/t27?,28-;;20?,21-;4-,5?/m1.10/s1. The number of rotatable bonds is 26. The van der Waals surface area contributed by atoms with Crippen molar-refractivity contribution in [3.8, 4) is 33.8 Å². The molecule has 6 aliphatic rings. The number of aliphatic hydroxyl groups is 3. The molecule has 128 heavy (non-hydrogen) atoms. The summed E-state index contributed by atoms with van der Waals surface area (Å²) in [6.45, 7) is 18.6. The molecule has 37 nitrogen and oxygen atoms in total. The summed E-state index contributed by atoms with van der Waals surface area (Å²) in [5.74, 6) is 0.797. The van der Waals surface area contributed by atoms with Crippen LogP contribution in [0.5, 0.6) is 0 Å². The molecule has 0 bridgehead atoms. The van der Waals surface area contributed by atoms with Crippen LogP contribution in [0.1, 0.15) is 42.2 Å². The fourth-order valence-corrected chi connectivity index (χ4v) is 18.3. The minimum absolute atomic E-state index is 0.0652. The molecule has 18 heterocycles. The van der Waals surface area contributed by atoms with Crippen LogP contribution in [-0.2, 0) is 61.1 Å². The number of carbonyl (C=O) groups is 3. The summed E-state index contributed by atoms with van der Waals surface area (Å²) in [6, 6.07) is 37.2. The molecule has 38 heteroatoms. The summed E-state index contributed by atoms with van der Waals surface area (Å²) >= 11 is -0.173. The van der Waals surface area contributed by atoms with Crippen LogP contribution in [0.4, 0.5) is 17.5 Å². The average Bonchev–Trinajstić information content (AvgIpc) is 1.53. The molecule has 2 amide bonds. The zero-order valence-electron chi connectivity index (χ0n) is 71.6. The van der Waals surface area contributed by atoms with Gasteiger partial charge in [0.25, 0.3) is 11.8 Å². The van der Waals surface area contributed by atoms with Crippen molar-refractivity contribution in [2.45, 2.75) is 63.1 Å². The molecular formula is C90H106IN24O13-. The normalized spacial score (nSPS) is 19.3. The van der Waals surface area contributed by atoms with Gasteiger partial charge in [-0.05, 0) is 47.5 Å². The number of nitrogens with zero attached hydrogens (tertiary/aromatic N) is 20. The van der Waals surface area contributed by atoms with Gasteiger partial charge in [0.2, 0.25) is 0 Å². The Kier molecular flexibility index (Phi) is 28.5. The number of anilines is 3. The first kappa shape index (κ1) is 88.4. The molecule has 6 fully saturated rings. The molecule has 0 aliphatic carbocycles. The van der Waals surface area contributed by atoms with E-state index in [1.54, 1.807) is 33.0 Å². The first-order chi connectivity index (χ1) is 62.6. The second-order valence-corrected chi connectivity index (χ2v) is 34.1. The van der Waals surface area contributed by atoms with E-state index in [2.05, 4.69) is 128 Å². The Bertz CT molecular complexity index is 6150. The molecule has 672 valence electrons. The fourth-order valence-electron chi connectivity index (χ4n) is 16.8. The van der Waals surface area contributed by atoms with Gasteiger partial charge in [0.1, 0.15) is 51.1 Å². The number of nitrogens with one attached hydrogen (secondary N) is 3. The van der Waals surface area contributed by atoms with Crippen LogP contribution in [0.2, 0.25) is 0 Å². The molecule has 0 spiro atoms. The third-order valence-electron chi connectivity index (χ3n) is 23.9. The number of hydrogen-bond acceptors (Lipinski definition) is 28. The molecule has 6 aliphatic heterocycles. The maximum absolute atomic E-state index is 13.5. The predicted octanol–water partition coefficient (Wildman–Crippen LogP) is 2.18. The molecular weight excluding hydrogens is 1750 g/mol. The molecule has 0 saturated carbocycles. The summed E-state index contributed by atoms with van der Waals surface area (Å²) in [6.07, 6.45) is 14.3. The summed E-state index contributed by atoms with van der Waals surface area (Å²) < 4.78 is 49.9. The van der Waals surface area contributed by atoms with Gasteiger partial charge in [0.15, 0.2) is 16.9 Å². The van der Waals surface area contributed by atoms with Crippen molar-refractivity contribution in [3.05, 3.63) is 199 Å². The average molecular weight is 1860 g/mol. The van der Waals surface area contributed by atoms with Gasteiger partial charge < -0.3 is 78.5 Å². The molecule has 6 saturated heterocycles. The second-order valence-electron chi connectivity index (χ2n) is 32.4. The van der Waals surface area contributed by atoms with Crippen LogP contribution in [0.25, 0.3) is 83.8 Å². The number of hydrogen-bond donors (Lipinski definition) is 8. The third kappa shape index (κ3) is 20.1. The Hall–Kier alpha value is -11.6. The number of aromatic carboxylic acids is 1. The van der Waals surface area contributed by atoms with E-state index in [0.29, 0.717) is 83.2 Å². The van der Waals surface area contributed by atoms with E-state index in [1.165, 1.54) is 18.6 Å². The van der Waals surface area contributed by atoms with Crippen molar-refractivity contribution >= 4 is 85.3 Å². The van der Waals surface area contributed by atoms with Gasteiger partial charge in [-0.15, -0.1) is 0 Å². The van der Waals surface area contributed by atoms with E-state index in [1.807, 2.05) is 105 Å². The van der Waals surface area contributed by atoms with Gasteiger partial charge in [-0.3, -0.25) is 24.3 Å². The van der Waals surface area contributed by atoms with Crippen molar-refractivity contribution < 1.29 is 84.7 Å². The van der Waals surface area contributed by atoms with Crippen LogP contribution in [0.3, 0.4) is 0 Å². The van der Waals surface area contributed by atoms with Crippen molar-refractivity contribution in [1.82, 2.24) is 97.8 Å². The number of aromatic nitrogens is 15. The Morgan fingerprint density at radius 1 is 0.453 bits per heavy atom. The quantitative estimate of drug-likeness (QED) is 0.0219. The number of fused-ring (bicyclic) bond motifs is 6. The van der Waals surface area contributed by atoms with E-state index in [-0.39, 0.29) is 71.4 Å². The van der Waals surface area contributed by atoms with Gasteiger partial charge >= 0.3 is 70.9 Å². The van der Waals surface area contributed by atoms with Gasteiger partial charge in [0, 0.05) is 201 Å². The van der Waals surface area contributed by atoms with E-state index in [4.69, 9.17) is 57.4 Å². The maximum atomic E-state index is 13.5. The van der Waals surface area contributed by atoms with Crippen LogP contribution >= 0.6 is 0 Å². The SMILES string of the molecule is CN(Cc1ccccc1)c1cc(-c2cn(CCN3CCOCC3)c3ncccc23)nc2c(C(=O)NC3COC[C@H]3O)cnn12.CN(Cc1ccccc1)c1cc(-c2cn(CCN3CCOCC3)c3ncccc23)nc2c(C(=O)O)cnn12.CNc1cc(-c2cn(CCN3CCOCC3)c3ncccc23)nc2c(C(=O)NC3COC[C@H]3O)cnn12.N[I-]C[C@H]1COCC1O. The van der Waals surface area contributed by atoms with Gasteiger partial charge in [-0.1, -0.05) is 60.7 Å². The molecule has 6 atom stereocenters. The number of ether oxygens (including phenoxy) is 6. The Labute approximate surface area is 747 Å². The molecule has 2 aromatic carbocycles. The number of alkyl halides is 1. The van der Waals surface area contributed by atoms with Crippen molar-refractivity contribution in [2.24, 2.45) is 9.86 Å². The number of morpholine rings is 3. The zero-order valence-corrected chi connectivity index (χ0v) is 73.7. The third-order valence-corrected chi connectivity index (χ3v) is 25.5. The molecule has 20 rings (SSSR count). The summed E-state index contributed by atoms with van der Waals surface area (Å²) in [7, 11) is 5.78. The van der Waals surface area contributed by atoms with Crippen molar-refractivity contribution in [1.29, 1.82) is 0 Å². The van der Waals surface area contributed by atoms with Crippen molar-refractivity contribution in [3.63, 3.8) is 0 Å². The number of benzene rings is 2. The predicted molar refractivity (Wildman–Crippen MR) is 476 cm³/mol. The fraction of sp³-hybridized carbons (Fsp3) is 0.400. The summed E-state index contributed by atoms with van der Waals surface area (Å²) in [4.78, 5) is 78.7. The monoisotopic (exact) mass is 1860 g/mol. The minimum atomic E-state index is -1.06. The molecule has 9 N–H and O–H groups in total. The first-order valence-corrected chi connectivity index (χ1v) is 45.8. The number of nitrogens with two attached hydrogens (primary N) is 1. The second kappa shape index (κ2) is 41.2. The number of pyridine rings is 3. The van der Waals surface area contributed by atoms with E-state index in [0.717, 1.165) is 195 Å². The number of carboxylic acids is 1. The van der Waals surface area contributed by atoms with E-state index in [9.17, 15) is 29.7 Å². The molecule has 0 radical (unpaired) electrons. The molecule has 14 aromatic rings. The Morgan fingerprint density at radius 2 is 0.828 bits per heavy atom. The number of amides is 2. The van der Waals surface area contributed by atoms with Crippen LogP contribution in [0, 0.1) is 5.92 Å². The zero-order chi connectivity index (χ0) is 88.2. The van der Waals surface area contributed by atoms with Gasteiger partial charge in [-0.25, -0.2) is 34.7 Å². The van der Waals surface area contributed by atoms with E-state index >= 15 is 0 Å². The van der Waals surface area contributed by atoms with E-state index < -0.39 is 30.3 Å². The number of aliphatic hydroxyl groups excluding tert-OH is 3. The molecule has 12 aromatic heterocycles. The topological polar surface area (TPSA) is 410 Å². The number of halogens is 1. The number of carbonyl (C=O) groups excluding carboxylic acids is 2. The van der Waals surface area contributed by atoms with Crippen LogP contribution in [0.15, 0.2) is 171 Å². The van der Waals surface area contributed by atoms with Crippen LogP contribution in [-0.4, -0.2) is 320 Å². The summed E-state index contributed by atoms with van der Waals surface area (Å²) in [5, 5.41) is 64.5. The Morgan fingerprint density at radius 3 is 1.20 bits per heavy atom. The Balaban J connectivity index is 0.000000129. The summed E-state index contributed by atoms with van der Waals surface area (Å²) in [5.41, 5.74) is 11.7. The van der Waals surface area contributed by atoms with Crippen LogP contribution < -0.4 is 51.2 Å². The van der Waals surface area contributed by atoms with Gasteiger partial charge in [0.05, 0.1) is 126 Å². The number of carboxylic acid groups (broad SMARTS) is 1. The van der Waals surface area contributed by atoms with Gasteiger partial charge in [-0.2, -0.15) is 28.8 Å². The molecule has 3 unspecified atom stereocenters.